The Hall–Kier alpha value is -0.410. The third-order valence-corrected chi connectivity index (χ3v) is 3.17. The molecule has 3 heteroatoms. The highest BCUT2D eigenvalue weighted by Gasteiger charge is 2.25. The molecule has 0 aliphatic carbocycles. The summed E-state index contributed by atoms with van der Waals surface area (Å²) in [5, 5.41) is 3.19. The van der Waals surface area contributed by atoms with Crippen LogP contribution in [-0.2, 0) is 0 Å². The highest BCUT2D eigenvalue weighted by molar-refractivity contribution is 9.10. The van der Waals surface area contributed by atoms with Gasteiger partial charge in [0, 0.05) is 16.9 Å². The molecule has 2 rings (SSSR count). The first-order chi connectivity index (χ1) is 6.77. The molecule has 1 aromatic carbocycles. The summed E-state index contributed by atoms with van der Waals surface area (Å²) in [6.45, 7) is 1.74. The molecule has 0 saturated carbocycles. The third kappa shape index (κ3) is 2.15. The van der Waals surface area contributed by atoms with Crippen LogP contribution in [-0.4, -0.2) is 13.1 Å². The fraction of sp³-hybridized carbons (Fsp3) is 0.455. The summed E-state index contributed by atoms with van der Waals surface area (Å²) in [5.74, 6) is 0.143. The molecule has 1 heterocycles. The van der Waals surface area contributed by atoms with Crippen molar-refractivity contribution in [2.24, 2.45) is 5.92 Å². The van der Waals surface area contributed by atoms with Gasteiger partial charge in [0.2, 0.25) is 0 Å². The van der Waals surface area contributed by atoms with Crippen LogP contribution in [0.15, 0.2) is 28.7 Å². The molecule has 2 unspecified atom stereocenters. The van der Waals surface area contributed by atoms with Crippen molar-refractivity contribution in [1.82, 2.24) is 5.32 Å². The van der Waals surface area contributed by atoms with Gasteiger partial charge in [0.05, 0.1) is 0 Å². The summed E-state index contributed by atoms with van der Waals surface area (Å²) in [4.78, 5) is 0. The number of halogens is 2. The van der Waals surface area contributed by atoms with E-state index in [1.807, 2.05) is 24.3 Å². The Labute approximate surface area is 91.8 Å². The van der Waals surface area contributed by atoms with E-state index in [9.17, 15) is 4.39 Å². The molecule has 1 fully saturated rings. The van der Waals surface area contributed by atoms with E-state index in [0.29, 0.717) is 0 Å². The Bertz CT molecular complexity index is 310. The van der Waals surface area contributed by atoms with Crippen LogP contribution in [0.4, 0.5) is 4.39 Å². The van der Waals surface area contributed by atoms with Crippen molar-refractivity contribution in [3.8, 4) is 0 Å². The minimum Gasteiger partial charge on any atom is -0.316 e. The molecule has 76 valence electrons. The number of nitrogens with one attached hydrogen (secondary N) is 1. The van der Waals surface area contributed by atoms with Crippen molar-refractivity contribution in [3.05, 3.63) is 34.3 Å². The Morgan fingerprint density at radius 2 is 2.36 bits per heavy atom. The standard InChI is InChI=1S/C11H13BrFN/c12-10-3-1-2-8(6-10)11(13)9-4-5-14-7-9/h1-3,6,9,11,14H,4-5,7H2. The van der Waals surface area contributed by atoms with Crippen LogP contribution >= 0.6 is 15.9 Å². The summed E-state index contributed by atoms with van der Waals surface area (Å²) < 4.78 is 14.9. The van der Waals surface area contributed by atoms with Crippen LogP contribution in [0.25, 0.3) is 0 Å². The van der Waals surface area contributed by atoms with Crippen molar-refractivity contribution < 1.29 is 4.39 Å². The molecule has 1 N–H and O–H groups in total. The van der Waals surface area contributed by atoms with Gasteiger partial charge in [-0.25, -0.2) is 4.39 Å². The molecule has 1 aromatic rings. The maximum absolute atomic E-state index is 14.0. The van der Waals surface area contributed by atoms with Gasteiger partial charge >= 0.3 is 0 Å². The quantitative estimate of drug-likeness (QED) is 0.859. The third-order valence-electron chi connectivity index (χ3n) is 2.68. The lowest BCUT2D eigenvalue weighted by Crippen LogP contribution is -2.13. The number of alkyl halides is 1. The van der Waals surface area contributed by atoms with Gasteiger partial charge in [-0.15, -0.1) is 0 Å². The molecule has 0 spiro atoms. The largest absolute Gasteiger partial charge is 0.316 e. The zero-order valence-electron chi connectivity index (χ0n) is 7.84. The van der Waals surface area contributed by atoms with Gasteiger partial charge < -0.3 is 5.32 Å². The van der Waals surface area contributed by atoms with Crippen molar-refractivity contribution in [1.29, 1.82) is 0 Å². The average molecular weight is 258 g/mol. The second-order valence-corrected chi connectivity index (χ2v) is 4.63. The molecule has 1 aliphatic rings. The lowest BCUT2D eigenvalue weighted by Gasteiger charge is -2.14. The Balaban J connectivity index is 2.13. The number of rotatable bonds is 2. The predicted molar refractivity (Wildman–Crippen MR) is 59.0 cm³/mol. The molecule has 0 bridgehead atoms. The zero-order valence-corrected chi connectivity index (χ0v) is 9.43. The van der Waals surface area contributed by atoms with Crippen LogP contribution < -0.4 is 5.32 Å². The Morgan fingerprint density at radius 1 is 1.50 bits per heavy atom. The van der Waals surface area contributed by atoms with Gasteiger partial charge in [0.1, 0.15) is 6.17 Å². The van der Waals surface area contributed by atoms with Crippen LogP contribution in [0.3, 0.4) is 0 Å². The molecular formula is C11H13BrFN. The van der Waals surface area contributed by atoms with Gasteiger partial charge in [-0.05, 0) is 30.7 Å². The normalized spacial score (nSPS) is 23.7. The highest BCUT2D eigenvalue weighted by Crippen LogP contribution is 2.31. The van der Waals surface area contributed by atoms with E-state index < -0.39 is 6.17 Å². The van der Waals surface area contributed by atoms with E-state index in [0.717, 1.165) is 29.5 Å². The highest BCUT2D eigenvalue weighted by atomic mass is 79.9. The molecule has 2 atom stereocenters. The fourth-order valence-corrected chi connectivity index (χ4v) is 2.29. The summed E-state index contributed by atoms with van der Waals surface area (Å²) in [7, 11) is 0. The van der Waals surface area contributed by atoms with Gasteiger partial charge in [0.15, 0.2) is 0 Å². The maximum Gasteiger partial charge on any atom is 0.129 e. The SMILES string of the molecule is FC(c1cccc(Br)c1)C1CCNC1. The second-order valence-electron chi connectivity index (χ2n) is 3.71. The Kier molecular flexibility index (Phi) is 3.19. The van der Waals surface area contributed by atoms with E-state index in [4.69, 9.17) is 0 Å². The fourth-order valence-electron chi connectivity index (χ4n) is 1.88. The van der Waals surface area contributed by atoms with Crippen molar-refractivity contribution in [2.75, 3.05) is 13.1 Å². The monoisotopic (exact) mass is 257 g/mol. The predicted octanol–water partition coefficient (Wildman–Crippen LogP) is 3.07. The second kappa shape index (κ2) is 4.41. The Morgan fingerprint density at radius 3 is 3.00 bits per heavy atom. The summed E-state index contributed by atoms with van der Waals surface area (Å²) in [5.41, 5.74) is 0.785. The van der Waals surface area contributed by atoms with Gasteiger partial charge in [-0.2, -0.15) is 0 Å². The summed E-state index contributed by atoms with van der Waals surface area (Å²) >= 11 is 3.36. The van der Waals surface area contributed by atoms with Crippen molar-refractivity contribution in [2.45, 2.75) is 12.6 Å². The maximum atomic E-state index is 14.0. The molecule has 1 saturated heterocycles. The van der Waals surface area contributed by atoms with E-state index >= 15 is 0 Å². The van der Waals surface area contributed by atoms with E-state index in [1.165, 1.54) is 0 Å². The molecule has 0 amide bonds. The minimum absolute atomic E-state index is 0.143. The summed E-state index contributed by atoms with van der Waals surface area (Å²) in [6, 6.07) is 7.52. The first kappa shape index (κ1) is 10.1. The molecular weight excluding hydrogens is 245 g/mol. The lowest BCUT2D eigenvalue weighted by molar-refractivity contribution is 0.246. The van der Waals surface area contributed by atoms with Crippen molar-refractivity contribution in [3.63, 3.8) is 0 Å². The van der Waals surface area contributed by atoms with Gasteiger partial charge in [-0.1, -0.05) is 28.1 Å². The first-order valence-corrected chi connectivity index (χ1v) is 5.67. The average Bonchev–Trinajstić information content (AvgIpc) is 2.69. The number of benzene rings is 1. The van der Waals surface area contributed by atoms with Crippen LogP contribution in [0.5, 0.6) is 0 Å². The molecule has 1 nitrogen and oxygen atoms in total. The molecule has 14 heavy (non-hydrogen) atoms. The minimum atomic E-state index is -0.831. The van der Waals surface area contributed by atoms with Gasteiger partial charge in [-0.3, -0.25) is 0 Å². The number of hydrogen-bond donors (Lipinski definition) is 1. The first-order valence-electron chi connectivity index (χ1n) is 4.87. The lowest BCUT2D eigenvalue weighted by atomic mass is 9.96. The molecule has 0 radical (unpaired) electrons. The topological polar surface area (TPSA) is 12.0 Å². The van der Waals surface area contributed by atoms with Gasteiger partial charge in [0.25, 0.3) is 0 Å². The molecule has 1 aliphatic heterocycles. The zero-order chi connectivity index (χ0) is 9.97. The summed E-state index contributed by atoms with van der Waals surface area (Å²) in [6.07, 6.45) is 0.107. The van der Waals surface area contributed by atoms with Crippen molar-refractivity contribution >= 4 is 15.9 Å². The smallest absolute Gasteiger partial charge is 0.129 e. The van der Waals surface area contributed by atoms with E-state index in [1.54, 1.807) is 0 Å². The van der Waals surface area contributed by atoms with Crippen LogP contribution in [0.2, 0.25) is 0 Å². The molecule has 0 aromatic heterocycles. The van der Waals surface area contributed by atoms with Crippen LogP contribution in [0.1, 0.15) is 18.2 Å². The van der Waals surface area contributed by atoms with E-state index in [-0.39, 0.29) is 5.92 Å². The van der Waals surface area contributed by atoms with E-state index in [2.05, 4.69) is 21.2 Å². The number of hydrogen-bond acceptors (Lipinski definition) is 1. The van der Waals surface area contributed by atoms with Crippen LogP contribution in [0, 0.1) is 5.92 Å².